The highest BCUT2D eigenvalue weighted by molar-refractivity contribution is 5.29. The molecule has 0 radical (unpaired) electrons. The lowest BCUT2D eigenvalue weighted by molar-refractivity contribution is 0.0179. The summed E-state index contributed by atoms with van der Waals surface area (Å²) in [5.41, 5.74) is 1.45. The van der Waals surface area contributed by atoms with E-state index in [1.54, 1.807) is 0 Å². The molecule has 0 amide bonds. The molecular weight excluding hydrogens is 196 g/mol. The van der Waals surface area contributed by atoms with E-state index in [1.165, 1.54) is 12.0 Å². The Bertz CT molecular complexity index is 368. The Labute approximate surface area is 97.8 Å². The number of aliphatic hydroxyl groups is 1. The lowest BCUT2D eigenvalue weighted by atomic mass is 9.69. The molecular formula is C15H20O. The first-order valence-electron chi connectivity index (χ1n) is 6.08. The van der Waals surface area contributed by atoms with Crippen LogP contribution in [0.1, 0.15) is 44.1 Å². The summed E-state index contributed by atoms with van der Waals surface area (Å²) >= 11 is 0. The normalized spacial score (nSPS) is 30.0. The molecule has 1 aromatic rings. The van der Waals surface area contributed by atoms with Crippen molar-refractivity contribution in [3.05, 3.63) is 48.0 Å². The molecule has 0 aliphatic heterocycles. The summed E-state index contributed by atoms with van der Waals surface area (Å²) in [5.74, 6) is 0.222. The SMILES string of the molecule is C=C(C)C1(O)CCCCC1c1ccccc1. The Kier molecular flexibility index (Phi) is 3.15. The lowest BCUT2D eigenvalue weighted by Crippen LogP contribution is -2.39. The first-order chi connectivity index (χ1) is 7.64. The average Bonchev–Trinajstić information content (AvgIpc) is 2.30. The van der Waals surface area contributed by atoms with E-state index in [4.69, 9.17) is 0 Å². The molecule has 2 unspecified atom stereocenters. The van der Waals surface area contributed by atoms with Gasteiger partial charge in [0.2, 0.25) is 0 Å². The van der Waals surface area contributed by atoms with Gasteiger partial charge in [-0.2, -0.15) is 0 Å². The van der Waals surface area contributed by atoms with E-state index in [-0.39, 0.29) is 5.92 Å². The molecule has 0 saturated heterocycles. The van der Waals surface area contributed by atoms with Crippen molar-refractivity contribution in [3.8, 4) is 0 Å². The van der Waals surface area contributed by atoms with Gasteiger partial charge in [-0.15, -0.1) is 0 Å². The van der Waals surface area contributed by atoms with E-state index in [0.29, 0.717) is 0 Å². The summed E-state index contributed by atoms with van der Waals surface area (Å²) in [5, 5.41) is 10.8. The van der Waals surface area contributed by atoms with Crippen LogP contribution in [-0.4, -0.2) is 10.7 Å². The predicted molar refractivity (Wildman–Crippen MR) is 67.4 cm³/mol. The molecule has 0 heterocycles. The first-order valence-corrected chi connectivity index (χ1v) is 6.08. The number of rotatable bonds is 2. The van der Waals surface area contributed by atoms with E-state index >= 15 is 0 Å². The molecule has 1 N–H and O–H groups in total. The van der Waals surface area contributed by atoms with Crippen LogP contribution in [0, 0.1) is 0 Å². The van der Waals surface area contributed by atoms with E-state index in [2.05, 4.69) is 18.7 Å². The molecule has 1 nitrogen and oxygen atoms in total. The van der Waals surface area contributed by atoms with Gasteiger partial charge >= 0.3 is 0 Å². The zero-order valence-corrected chi connectivity index (χ0v) is 9.95. The first kappa shape index (κ1) is 11.4. The minimum Gasteiger partial charge on any atom is -0.385 e. The zero-order chi connectivity index (χ0) is 11.6. The quantitative estimate of drug-likeness (QED) is 0.748. The van der Waals surface area contributed by atoms with Crippen LogP contribution in [0.2, 0.25) is 0 Å². The smallest absolute Gasteiger partial charge is 0.0919 e. The van der Waals surface area contributed by atoms with Gasteiger partial charge in [-0.1, -0.05) is 49.8 Å². The molecule has 1 aliphatic carbocycles. The van der Waals surface area contributed by atoms with Gasteiger partial charge in [0, 0.05) is 5.92 Å². The van der Waals surface area contributed by atoms with Crippen LogP contribution in [0.15, 0.2) is 42.5 Å². The van der Waals surface area contributed by atoms with Crippen molar-refractivity contribution in [2.24, 2.45) is 0 Å². The highest BCUT2D eigenvalue weighted by Gasteiger charge is 2.40. The third-order valence-electron chi connectivity index (χ3n) is 3.82. The van der Waals surface area contributed by atoms with Gasteiger partial charge in [-0.05, 0) is 30.9 Å². The monoisotopic (exact) mass is 216 g/mol. The summed E-state index contributed by atoms with van der Waals surface area (Å²) in [6.07, 6.45) is 4.22. The fraction of sp³-hybridized carbons (Fsp3) is 0.467. The summed E-state index contributed by atoms with van der Waals surface area (Å²) in [6, 6.07) is 10.3. The second-order valence-electron chi connectivity index (χ2n) is 4.91. The molecule has 1 heteroatoms. The van der Waals surface area contributed by atoms with Gasteiger partial charge < -0.3 is 5.11 Å². The second kappa shape index (κ2) is 4.42. The molecule has 0 bridgehead atoms. The van der Waals surface area contributed by atoms with Gasteiger partial charge in [0.1, 0.15) is 0 Å². The van der Waals surface area contributed by atoms with Gasteiger partial charge in [0.05, 0.1) is 5.60 Å². The molecule has 16 heavy (non-hydrogen) atoms. The van der Waals surface area contributed by atoms with Crippen LogP contribution in [0.25, 0.3) is 0 Å². The van der Waals surface area contributed by atoms with Crippen LogP contribution in [0.4, 0.5) is 0 Å². The Morgan fingerprint density at radius 1 is 1.31 bits per heavy atom. The van der Waals surface area contributed by atoms with Gasteiger partial charge in [-0.3, -0.25) is 0 Å². The molecule has 86 valence electrons. The Morgan fingerprint density at radius 3 is 2.62 bits per heavy atom. The predicted octanol–water partition coefficient (Wildman–Crippen LogP) is 3.65. The fourth-order valence-corrected chi connectivity index (χ4v) is 2.79. The maximum absolute atomic E-state index is 10.8. The number of benzene rings is 1. The summed E-state index contributed by atoms with van der Waals surface area (Å²) < 4.78 is 0. The van der Waals surface area contributed by atoms with Gasteiger partial charge in [0.15, 0.2) is 0 Å². The molecule has 1 aliphatic rings. The molecule has 0 aromatic heterocycles. The summed E-state index contributed by atoms with van der Waals surface area (Å²) in [6.45, 7) is 5.92. The fourth-order valence-electron chi connectivity index (χ4n) is 2.79. The van der Waals surface area contributed by atoms with Gasteiger partial charge in [-0.25, -0.2) is 0 Å². The lowest BCUT2D eigenvalue weighted by Gasteiger charge is -2.41. The highest BCUT2D eigenvalue weighted by atomic mass is 16.3. The van der Waals surface area contributed by atoms with Crippen LogP contribution in [-0.2, 0) is 0 Å². The van der Waals surface area contributed by atoms with Crippen molar-refractivity contribution in [2.45, 2.75) is 44.1 Å². The Hall–Kier alpha value is -1.08. The average molecular weight is 216 g/mol. The van der Waals surface area contributed by atoms with Crippen LogP contribution < -0.4 is 0 Å². The zero-order valence-electron chi connectivity index (χ0n) is 9.95. The van der Waals surface area contributed by atoms with Crippen molar-refractivity contribution >= 4 is 0 Å². The van der Waals surface area contributed by atoms with E-state index in [0.717, 1.165) is 24.8 Å². The molecule has 0 spiro atoms. The van der Waals surface area contributed by atoms with Crippen molar-refractivity contribution in [1.82, 2.24) is 0 Å². The number of hydrogen-bond donors (Lipinski definition) is 1. The third kappa shape index (κ3) is 1.92. The maximum Gasteiger partial charge on any atom is 0.0919 e. The second-order valence-corrected chi connectivity index (χ2v) is 4.91. The molecule has 1 fully saturated rings. The summed E-state index contributed by atoms with van der Waals surface area (Å²) in [4.78, 5) is 0. The van der Waals surface area contributed by atoms with Crippen molar-refractivity contribution in [1.29, 1.82) is 0 Å². The van der Waals surface area contributed by atoms with Crippen LogP contribution in [0.3, 0.4) is 0 Å². The largest absolute Gasteiger partial charge is 0.385 e. The Morgan fingerprint density at radius 2 is 2.00 bits per heavy atom. The molecule has 1 saturated carbocycles. The Balaban J connectivity index is 2.34. The van der Waals surface area contributed by atoms with Gasteiger partial charge in [0.25, 0.3) is 0 Å². The standard InChI is InChI=1S/C15H20O/c1-12(2)15(16)11-7-6-10-14(15)13-8-4-3-5-9-13/h3-5,8-9,14,16H,1,6-7,10-11H2,2H3. The van der Waals surface area contributed by atoms with E-state index in [9.17, 15) is 5.11 Å². The minimum atomic E-state index is -0.695. The molecule has 2 rings (SSSR count). The number of hydrogen-bond acceptors (Lipinski definition) is 1. The highest BCUT2D eigenvalue weighted by Crippen LogP contribution is 2.44. The van der Waals surface area contributed by atoms with E-state index < -0.39 is 5.60 Å². The van der Waals surface area contributed by atoms with Crippen molar-refractivity contribution in [2.75, 3.05) is 0 Å². The maximum atomic E-state index is 10.8. The topological polar surface area (TPSA) is 20.2 Å². The van der Waals surface area contributed by atoms with E-state index in [1.807, 2.05) is 25.1 Å². The molecule has 1 aromatic carbocycles. The summed E-state index contributed by atoms with van der Waals surface area (Å²) in [7, 11) is 0. The third-order valence-corrected chi connectivity index (χ3v) is 3.82. The molecule has 2 atom stereocenters. The van der Waals surface area contributed by atoms with Crippen molar-refractivity contribution < 1.29 is 5.11 Å². The minimum absolute atomic E-state index is 0.222. The van der Waals surface area contributed by atoms with Crippen LogP contribution in [0.5, 0.6) is 0 Å². The van der Waals surface area contributed by atoms with Crippen LogP contribution >= 0.6 is 0 Å². The van der Waals surface area contributed by atoms with Crippen molar-refractivity contribution in [3.63, 3.8) is 0 Å².